The number of nitrogens with two attached hydrogens (primary N) is 1. The van der Waals surface area contributed by atoms with Gasteiger partial charge in [0.05, 0.1) is 28.9 Å². The molecule has 4 rings (SSSR count). The zero-order valence-corrected chi connectivity index (χ0v) is 16.2. The van der Waals surface area contributed by atoms with E-state index in [4.69, 9.17) is 10.5 Å². The lowest BCUT2D eigenvalue weighted by Gasteiger charge is -2.13. The summed E-state index contributed by atoms with van der Waals surface area (Å²) in [4.78, 5) is 37.5. The highest BCUT2D eigenvalue weighted by Gasteiger charge is 2.34. The molecule has 1 aliphatic rings. The molecule has 1 aliphatic heterocycles. The van der Waals surface area contributed by atoms with E-state index in [1.807, 2.05) is 30.3 Å². The van der Waals surface area contributed by atoms with E-state index in [1.54, 1.807) is 31.2 Å². The number of amides is 4. The van der Waals surface area contributed by atoms with Crippen LogP contribution in [-0.4, -0.2) is 45.7 Å². The molecule has 1 aromatic heterocycles. The average molecular weight is 405 g/mol. The molecule has 152 valence electrons. The highest BCUT2D eigenvalue weighted by atomic mass is 16.5. The summed E-state index contributed by atoms with van der Waals surface area (Å²) in [5, 5.41) is 6.97. The molecule has 3 N–H and O–H groups in total. The van der Waals surface area contributed by atoms with Gasteiger partial charge in [0.1, 0.15) is 12.4 Å². The molecule has 2 aromatic carbocycles. The van der Waals surface area contributed by atoms with Gasteiger partial charge in [0, 0.05) is 0 Å². The summed E-state index contributed by atoms with van der Waals surface area (Å²) in [6.45, 7) is 1.85. The Labute approximate surface area is 172 Å². The molecular formula is C21H19N5O4. The van der Waals surface area contributed by atoms with Crippen LogP contribution in [0.25, 0.3) is 5.69 Å². The van der Waals surface area contributed by atoms with Crippen LogP contribution in [0.1, 0.15) is 26.3 Å². The summed E-state index contributed by atoms with van der Waals surface area (Å²) >= 11 is 0. The van der Waals surface area contributed by atoms with E-state index >= 15 is 0 Å². The largest absolute Gasteiger partial charge is 0.474 e. The van der Waals surface area contributed by atoms with E-state index in [2.05, 4.69) is 10.4 Å². The predicted molar refractivity (Wildman–Crippen MR) is 109 cm³/mol. The van der Waals surface area contributed by atoms with E-state index in [-0.39, 0.29) is 30.8 Å². The van der Waals surface area contributed by atoms with Gasteiger partial charge in [-0.3, -0.25) is 19.8 Å². The molecule has 9 heteroatoms. The fourth-order valence-electron chi connectivity index (χ4n) is 3.31. The van der Waals surface area contributed by atoms with Gasteiger partial charge in [-0.05, 0) is 31.2 Å². The summed E-state index contributed by atoms with van der Waals surface area (Å²) in [6.07, 6.45) is 0. The number of benzene rings is 2. The standard InChI is InChI=1S/C21H19N5O4/c1-13-17(23-21(22)29)26(14-7-3-2-4-8-14)24-18(13)30-12-11-25-19(27)15-9-5-6-10-16(15)20(25)28/h2-10H,11-12H2,1H3,(H3,22,23,29). The molecule has 0 radical (unpaired) electrons. The molecule has 4 amide bonds. The first-order chi connectivity index (χ1) is 14.5. The molecule has 0 aliphatic carbocycles. The Morgan fingerprint density at radius 2 is 1.63 bits per heavy atom. The van der Waals surface area contributed by atoms with Gasteiger partial charge in [-0.1, -0.05) is 30.3 Å². The number of hydrogen-bond acceptors (Lipinski definition) is 5. The fourth-order valence-corrected chi connectivity index (χ4v) is 3.31. The number of carbonyl (C=O) groups excluding carboxylic acids is 3. The molecule has 0 saturated carbocycles. The summed E-state index contributed by atoms with van der Waals surface area (Å²) in [6, 6.07) is 15.1. The van der Waals surface area contributed by atoms with Crippen LogP contribution >= 0.6 is 0 Å². The number of hydrogen-bond donors (Lipinski definition) is 2. The Bertz CT molecular complexity index is 1100. The molecule has 3 aromatic rings. The van der Waals surface area contributed by atoms with Crippen LogP contribution in [0, 0.1) is 6.92 Å². The van der Waals surface area contributed by atoms with Gasteiger partial charge in [0.2, 0.25) is 5.88 Å². The molecule has 0 unspecified atom stereocenters. The molecule has 0 atom stereocenters. The van der Waals surface area contributed by atoms with E-state index < -0.39 is 6.03 Å². The van der Waals surface area contributed by atoms with Crippen LogP contribution in [0.4, 0.5) is 10.6 Å². The number of para-hydroxylation sites is 1. The number of imide groups is 1. The van der Waals surface area contributed by atoms with E-state index in [0.29, 0.717) is 28.2 Å². The van der Waals surface area contributed by atoms with Gasteiger partial charge in [-0.15, -0.1) is 5.10 Å². The van der Waals surface area contributed by atoms with Gasteiger partial charge < -0.3 is 10.5 Å². The van der Waals surface area contributed by atoms with Gasteiger partial charge in [0.15, 0.2) is 0 Å². The van der Waals surface area contributed by atoms with Crippen LogP contribution in [0.5, 0.6) is 5.88 Å². The third-order valence-corrected chi connectivity index (χ3v) is 4.75. The van der Waals surface area contributed by atoms with Crippen LogP contribution in [0.3, 0.4) is 0 Å². The van der Waals surface area contributed by atoms with Crippen LogP contribution in [0.2, 0.25) is 0 Å². The molecule has 30 heavy (non-hydrogen) atoms. The first kappa shape index (κ1) is 19.2. The zero-order valence-electron chi connectivity index (χ0n) is 16.2. The summed E-state index contributed by atoms with van der Waals surface area (Å²) < 4.78 is 7.26. The van der Waals surface area contributed by atoms with Crippen LogP contribution < -0.4 is 15.8 Å². The highest BCUT2D eigenvalue weighted by Crippen LogP contribution is 2.28. The number of aromatic nitrogens is 2. The van der Waals surface area contributed by atoms with Crippen molar-refractivity contribution in [2.24, 2.45) is 5.73 Å². The molecular weight excluding hydrogens is 386 g/mol. The number of nitrogens with zero attached hydrogens (tertiary/aromatic N) is 3. The average Bonchev–Trinajstić information content (AvgIpc) is 3.18. The molecule has 9 nitrogen and oxygen atoms in total. The second-order valence-corrected chi connectivity index (χ2v) is 6.67. The lowest BCUT2D eigenvalue weighted by molar-refractivity contribution is 0.0630. The maximum Gasteiger partial charge on any atom is 0.317 e. The van der Waals surface area contributed by atoms with E-state index in [1.165, 1.54) is 4.68 Å². The summed E-state index contributed by atoms with van der Waals surface area (Å²) in [5.74, 6) is -0.0488. The molecule has 2 heterocycles. The number of ether oxygens (including phenoxy) is 1. The van der Waals surface area contributed by atoms with Crippen molar-refractivity contribution >= 4 is 23.7 Å². The van der Waals surface area contributed by atoms with E-state index in [0.717, 1.165) is 4.90 Å². The molecule has 0 bridgehead atoms. The monoisotopic (exact) mass is 405 g/mol. The zero-order chi connectivity index (χ0) is 21.3. The number of carbonyl (C=O) groups is 3. The lowest BCUT2D eigenvalue weighted by Crippen LogP contribution is -2.33. The Morgan fingerprint density at radius 3 is 2.23 bits per heavy atom. The Balaban J connectivity index is 1.52. The number of rotatable bonds is 6. The fraction of sp³-hybridized carbons (Fsp3) is 0.143. The maximum atomic E-state index is 12.4. The van der Waals surface area contributed by atoms with Crippen LogP contribution in [-0.2, 0) is 0 Å². The Kier molecular flexibility index (Phi) is 4.93. The van der Waals surface area contributed by atoms with Crippen molar-refractivity contribution in [3.05, 3.63) is 71.3 Å². The van der Waals surface area contributed by atoms with Gasteiger partial charge in [-0.2, -0.15) is 0 Å². The third-order valence-electron chi connectivity index (χ3n) is 4.75. The molecule has 0 fully saturated rings. The minimum absolute atomic E-state index is 0.0497. The van der Waals surface area contributed by atoms with Crippen molar-refractivity contribution in [3.63, 3.8) is 0 Å². The van der Waals surface area contributed by atoms with Gasteiger partial charge in [-0.25, -0.2) is 9.48 Å². The third kappa shape index (κ3) is 3.37. The smallest absolute Gasteiger partial charge is 0.317 e. The number of anilines is 1. The molecule has 0 saturated heterocycles. The van der Waals surface area contributed by atoms with Gasteiger partial charge in [0.25, 0.3) is 11.8 Å². The minimum atomic E-state index is -0.729. The van der Waals surface area contributed by atoms with Gasteiger partial charge >= 0.3 is 6.03 Å². The number of fused-ring (bicyclic) bond motifs is 1. The van der Waals surface area contributed by atoms with Crippen molar-refractivity contribution < 1.29 is 19.1 Å². The second kappa shape index (κ2) is 7.70. The predicted octanol–water partition coefficient (Wildman–Crippen LogP) is 2.35. The second-order valence-electron chi connectivity index (χ2n) is 6.67. The topological polar surface area (TPSA) is 120 Å². The number of urea groups is 1. The van der Waals surface area contributed by atoms with Crippen molar-refractivity contribution in [3.8, 4) is 11.6 Å². The van der Waals surface area contributed by atoms with Crippen molar-refractivity contribution in [1.29, 1.82) is 0 Å². The van der Waals surface area contributed by atoms with Crippen LogP contribution in [0.15, 0.2) is 54.6 Å². The first-order valence-corrected chi connectivity index (χ1v) is 9.27. The minimum Gasteiger partial charge on any atom is -0.474 e. The maximum absolute atomic E-state index is 12.4. The summed E-state index contributed by atoms with van der Waals surface area (Å²) in [5.41, 5.74) is 7.35. The lowest BCUT2D eigenvalue weighted by atomic mass is 10.1. The van der Waals surface area contributed by atoms with Crippen molar-refractivity contribution in [2.75, 3.05) is 18.5 Å². The highest BCUT2D eigenvalue weighted by molar-refractivity contribution is 6.21. The number of primary amides is 1. The van der Waals surface area contributed by atoms with E-state index in [9.17, 15) is 14.4 Å². The number of nitrogens with one attached hydrogen (secondary N) is 1. The normalized spacial score (nSPS) is 12.8. The first-order valence-electron chi connectivity index (χ1n) is 9.27. The Morgan fingerprint density at radius 1 is 1.03 bits per heavy atom. The summed E-state index contributed by atoms with van der Waals surface area (Å²) in [7, 11) is 0. The molecule has 0 spiro atoms. The quantitative estimate of drug-likeness (QED) is 0.610. The van der Waals surface area contributed by atoms with Crippen molar-refractivity contribution in [2.45, 2.75) is 6.92 Å². The SMILES string of the molecule is Cc1c(OCCN2C(=O)c3ccccc3C2=O)nn(-c2ccccc2)c1NC(N)=O. The Hall–Kier alpha value is -4.14. The van der Waals surface area contributed by atoms with Crippen molar-refractivity contribution in [1.82, 2.24) is 14.7 Å².